The van der Waals surface area contributed by atoms with Crippen LogP contribution < -0.4 is 10.6 Å². The van der Waals surface area contributed by atoms with Crippen LogP contribution in [0.2, 0.25) is 0 Å². The van der Waals surface area contributed by atoms with Crippen molar-refractivity contribution in [2.45, 2.75) is 32.7 Å². The number of rotatable bonds is 7. The van der Waals surface area contributed by atoms with Gasteiger partial charge in [0.05, 0.1) is 11.3 Å². The number of nitrogens with two attached hydrogens (primary N) is 1. The van der Waals surface area contributed by atoms with E-state index in [1.165, 1.54) is 12.1 Å². The summed E-state index contributed by atoms with van der Waals surface area (Å²) in [6.07, 6.45) is 0.423. The van der Waals surface area contributed by atoms with Crippen LogP contribution in [-0.2, 0) is 4.79 Å². The number of carboxylic acids is 1. The van der Waals surface area contributed by atoms with E-state index in [2.05, 4.69) is 0 Å². The van der Waals surface area contributed by atoms with Gasteiger partial charge in [0, 0.05) is 19.0 Å². The Morgan fingerprint density at radius 1 is 1.40 bits per heavy atom. The quantitative estimate of drug-likeness (QED) is 0.801. The van der Waals surface area contributed by atoms with Crippen LogP contribution in [0.4, 0.5) is 10.1 Å². The lowest BCUT2D eigenvalue weighted by Crippen LogP contribution is -2.34. The predicted octanol–water partition coefficient (Wildman–Crippen LogP) is 2.00. The van der Waals surface area contributed by atoms with Crippen LogP contribution in [0.25, 0.3) is 0 Å². The van der Waals surface area contributed by atoms with Gasteiger partial charge in [0.1, 0.15) is 5.82 Å². The highest BCUT2D eigenvalue weighted by molar-refractivity contribution is 5.99. The summed E-state index contributed by atoms with van der Waals surface area (Å²) in [5.74, 6) is -2.39. The summed E-state index contributed by atoms with van der Waals surface area (Å²) in [5.41, 5.74) is 5.48. The topological polar surface area (TPSA) is 83.6 Å². The molecule has 1 rings (SSSR count). The average Bonchev–Trinajstić information content (AvgIpc) is 2.33. The summed E-state index contributed by atoms with van der Waals surface area (Å²) in [5, 5.41) is 8.67. The fourth-order valence-corrected chi connectivity index (χ4v) is 2.05. The molecule has 0 heterocycles. The zero-order valence-electron chi connectivity index (χ0n) is 11.6. The van der Waals surface area contributed by atoms with Crippen molar-refractivity contribution in [3.05, 3.63) is 29.6 Å². The maximum absolute atomic E-state index is 13.8. The van der Waals surface area contributed by atoms with Crippen LogP contribution in [0.5, 0.6) is 0 Å². The number of carbonyl (C=O) groups excluding carboxylic acids is 1. The fraction of sp³-hybridized carbons (Fsp3) is 0.429. The molecule has 0 aliphatic carbocycles. The molecule has 0 saturated heterocycles. The minimum absolute atomic E-state index is 0.0105. The standard InChI is InChI=1S/C14H19FN2O3/c1-9(2)17(8-4-7-12(18)19)11-6-3-5-10(15)13(11)14(16)20/h3,5-6,9H,4,7-8H2,1-2H3,(H2,16,20)(H,18,19). The Bertz CT molecular complexity index is 503. The lowest BCUT2D eigenvalue weighted by molar-refractivity contribution is -0.137. The van der Waals surface area contributed by atoms with Crippen molar-refractivity contribution in [2.24, 2.45) is 5.73 Å². The van der Waals surface area contributed by atoms with Crippen molar-refractivity contribution in [1.29, 1.82) is 0 Å². The molecule has 0 aliphatic rings. The van der Waals surface area contributed by atoms with E-state index in [4.69, 9.17) is 10.8 Å². The van der Waals surface area contributed by atoms with Gasteiger partial charge in [-0.2, -0.15) is 0 Å². The number of anilines is 1. The van der Waals surface area contributed by atoms with E-state index in [1.807, 2.05) is 13.8 Å². The molecule has 0 fully saturated rings. The van der Waals surface area contributed by atoms with E-state index in [1.54, 1.807) is 11.0 Å². The molecule has 110 valence electrons. The maximum atomic E-state index is 13.8. The summed E-state index contributed by atoms with van der Waals surface area (Å²) >= 11 is 0. The van der Waals surface area contributed by atoms with Gasteiger partial charge in [-0.15, -0.1) is 0 Å². The number of carbonyl (C=O) groups is 2. The highest BCUT2D eigenvalue weighted by atomic mass is 19.1. The Morgan fingerprint density at radius 2 is 2.05 bits per heavy atom. The second-order valence-electron chi connectivity index (χ2n) is 4.78. The van der Waals surface area contributed by atoms with E-state index in [0.29, 0.717) is 18.7 Å². The molecule has 0 unspecified atom stereocenters. The van der Waals surface area contributed by atoms with E-state index in [9.17, 15) is 14.0 Å². The Balaban J connectivity index is 3.06. The number of hydrogen-bond acceptors (Lipinski definition) is 3. The Morgan fingerprint density at radius 3 is 2.55 bits per heavy atom. The van der Waals surface area contributed by atoms with Crippen LogP contribution >= 0.6 is 0 Å². The molecule has 0 bridgehead atoms. The van der Waals surface area contributed by atoms with Crippen LogP contribution in [0.3, 0.4) is 0 Å². The lowest BCUT2D eigenvalue weighted by atomic mass is 10.1. The smallest absolute Gasteiger partial charge is 0.303 e. The first-order valence-corrected chi connectivity index (χ1v) is 6.41. The molecule has 0 aliphatic heterocycles. The molecule has 5 nitrogen and oxygen atoms in total. The number of carboxylic acid groups (broad SMARTS) is 1. The summed E-state index contributed by atoms with van der Waals surface area (Å²) < 4.78 is 13.8. The van der Waals surface area contributed by atoms with Crippen LogP contribution in [0.1, 0.15) is 37.0 Å². The predicted molar refractivity (Wildman–Crippen MR) is 74.3 cm³/mol. The van der Waals surface area contributed by atoms with Crippen LogP contribution in [-0.4, -0.2) is 29.6 Å². The van der Waals surface area contributed by atoms with Crippen molar-refractivity contribution >= 4 is 17.6 Å². The van der Waals surface area contributed by atoms with Gasteiger partial charge in [0.25, 0.3) is 5.91 Å². The molecule has 0 saturated carbocycles. The molecule has 20 heavy (non-hydrogen) atoms. The summed E-state index contributed by atoms with van der Waals surface area (Å²) in [6, 6.07) is 4.29. The highest BCUT2D eigenvalue weighted by Gasteiger charge is 2.20. The molecular weight excluding hydrogens is 263 g/mol. The summed E-state index contributed by atoms with van der Waals surface area (Å²) in [7, 11) is 0. The molecule has 1 aromatic rings. The Labute approximate surface area is 117 Å². The van der Waals surface area contributed by atoms with Crippen molar-refractivity contribution in [3.8, 4) is 0 Å². The number of amides is 1. The van der Waals surface area contributed by atoms with Crippen LogP contribution in [0, 0.1) is 5.82 Å². The Hall–Kier alpha value is -2.11. The van der Waals surface area contributed by atoms with Crippen molar-refractivity contribution < 1.29 is 19.1 Å². The number of benzene rings is 1. The SMILES string of the molecule is CC(C)N(CCCC(=O)O)c1cccc(F)c1C(N)=O. The molecule has 1 aromatic carbocycles. The molecule has 0 spiro atoms. The zero-order valence-corrected chi connectivity index (χ0v) is 11.6. The fourth-order valence-electron chi connectivity index (χ4n) is 2.05. The van der Waals surface area contributed by atoms with Gasteiger partial charge in [-0.05, 0) is 32.4 Å². The first kappa shape index (κ1) is 15.9. The normalized spacial score (nSPS) is 10.6. The molecule has 0 aromatic heterocycles. The second kappa shape index (κ2) is 6.88. The first-order valence-electron chi connectivity index (χ1n) is 6.41. The minimum atomic E-state index is -0.886. The third-order valence-electron chi connectivity index (χ3n) is 2.96. The monoisotopic (exact) mass is 282 g/mol. The van der Waals surface area contributed by atoms with Gasteiger partial charge in [-0.1, -0.05) is 6.07 Å². The number of aliphatic carboxylic acids is 1. The van der Waals surface area contributed by atoms with E-state index in [-0.39, 0.29) is 18.0 Å². The van der Waals surface area contributed by atoms with Gasteiger partial charge in [0.2, 0.25) is 0 Å². The minimum Gasteiger partial charge on any atom is -0.481 e. The number of halogens is 1. The molecule has 0 radical (unpaired) electrons. The van der Waals surface area contributed by atoms with E-state index < -0.39 is 17.7 Å². The molecular formula is C14H19FN2O3. The molecule has 0 atom stereocenters. The first-order chi connectivity index (χ1) is 9.34. The number of primary amides is 1. The van der Waals surface area contributed by atoms with Crippen molar-refractivity contribution in [2.75, 3.05) is 11.4 Å². The zero-order chi connectivity index (χ0) is 15.3. The van der Waals surface area contributed by atoms with E-state index in [0.717, 1.165) is 0 Å². The van der Waals surface area contributed by atoms with E-state index >= 15 is 0 Å². The second-order valence-corrected chi connectivity index (χ2v) is 4.78. The third kappa shape index (κ3) is 3.94. The summed E-state index contributed by atoms with van der Waals surface area (Å²) in [4.78, 5) is 23.8. The number of hydrogen-bond donors (Lipinski definition) is 2. The van der Waals surface area contributed by atoms with Crippen molar-refractivity contribution in [3.63, 3.8) is 0 Å². The lowest BCUT2D eigenvalue weighted by Gasteiger charge is -2.30. The highest BCUT2D eigenvalue weighted by Crippen LogP contribution is 2.25. The Kier molecular flexibility index (Phi) is 5.49. The van der Waals surface area contributed by atoms with Crippen molar-refractivity contribution in [1.82, 2.24) is 0 Å². The summed E-state index contributed by atoms with van der Waals surface area (Å²) in [6.45, 7) is 4.18. The molecule has 3 N–H and O–H groups in total. The average molecular weight is 282 g/mol. The van der Waals surface area contributed by atoms with Gasteiger partial charge in [0.15, 0.2) is 0 Å². The van der Waals surface area contributed by atoms with Crippen LogP contribution in [0.15, 0.2) is 18.2 Å². The maximum Gasteiger partial charge on any atom is 0.303 e. The van der Waals surface area contributed by atoms with Gasteiger partial charge < -0.3 is 15.7 Å². The molecule has 1 amide bonds. The van der Waals surface area contributed by atoms with Gasteiger partial charge >= 0.3 is 5.97 Å². The molecule has 6 heteroatoms. The van der Waals surface area contributed by atoms with Gasteiger partial charge in [-0.3, -0.25) is 9.59 Å². The number of nitrogens with zero attached hydrogens (tertiary/aromatic N) is 1. The van der Waals surface area contributed by atoms with Gasteiger partial charge in [-0.25, -0.2) is 4.39 Å². The third-order valence-corrected chi connectivity index (χ3v) is 2.96. The largest absolute Gasteiger partial charge is 0.481 e.